The maximum absolute atomic E-state index is 12.5. The molecule has 0 aromatic heterocycles. The van der Waals surface area contributed by atoms with Crippen molar-refractivity contribution in [3.05, 3.63) is 53.6 Å². The molecule has 3 rings (SSSR count). The number of likely N-dealkylation sites (tertiary alicyclic amines) is 1. The van der Waals surface area contributed by atoms with Crippen molar-refractivity contribution in [1.82, 2.24) is 4.90 Å². The molecule has 1 aromatic rings. The van der Waals surface area contributed by atoms with E-state index in [0.717, 1.165) is 38.9 Å². The highest BCUT2D eigenvalue weighted by atomic mass is 35.5. The number of carbonyl (C=O) groups excluding carboxylic acids is 1. The van der Waals surface area contributed by atoms with E-state index in [1.54, 1.807) is 17.0 Å². The number of allylic oxidation sites excluding steroid dienone is 1. The number of halogens is 1. The highest BCUT2D eigenvalue weighted by Crippen LogP contribution is 2.38. The van der Waals surface area contributed by atoms with Crippen LogP contribution >= 0.6 is 11.6 Å². The van der Waals surface area contributed by atoms with Crippen LogP contribution in [0, 0.1) is 16.7 Å². The molecular weight excluding hydrogens is 492 g/mol. The molecule has 1 aromatic carbocycles. The SMILES string of the molecule is C=C(Cl)C(C)OCCC(C)(C)C(C)/C=C/CN1CCC2(CC1)COC(=O)N(c1ccc(C(=O)O)cc1)C2. The van der Waals surface area contributed by atoms with Crippen LogP contribution in [0.3, 0.4) is 0 Å². The number of nitrogens with zero attached hydrogens (tertiary/aromatic N) is 2. The van der Waals surface area contributed by atoms with Crippen molar-refractivity contribution in [2.45, 2.75) is 53.1 Å². The topological polar surface area (TPSA) is 79.3 Å². The predicted molar refractivity (Wildman–Crippen MR) is 147 cm³/mol. The molecule has 2 atom stereocenters. The number of benzene rings is 1. The first-order valence-corrected chi connectivity index (χ1v) is 13.4. The quantitative estimate of drug-likeness (QED) is 0.342. The molecule has 7 nitrogen and oxygen atoms in total. The summed E-state index contributed by atoms with van der Waals surface area (Å²) in [5, 5.41) is 9.67. The number of hydrogen-bond acceptors (Lipinski definition) is 5. The maximum Gasteiger partial charge on any atom is 0.414 e. The Morgan fingerprint density at radius 2 is 1.92 bits per heavy atom. The van der Waals surface area contributed by atoms with E-state index >= 15 is 0 Å². The molecule has 2 aliphatic heterocycles. The van der Waals surface area contributed by atoms with Crippen LogP contribution in [0.15, 0.2) is 48.0 Å². The number of carboxylic acid groups (broad SMARTS) is 1. The average Bonchev–Trinajstić information content (AvgIpc) is 2.86. The van der Waals surface area contributed by atoms with Gasteiger partial charge in [0, 0.05) is 35.8 Å². The fourth-order valence-electron chi connectivity index (χ4n) is 4.72. The number of hydrogen-bond donors (Lipinski definition) is 1. The second-order valence-electron chi connectivity index (χ2n) is 11.2. The van der Waals surface area contributed by atoms with E-state index in [4.69, 9.17) is 26.2 Å². The molecule has 0 saturated carbocycles. The zero-order valence-corrected chi connectivity index (χ0v) is 23.3. The van der Waals surface area contributed by atoms with Crippen LogP contribution in [0.25, 0.3) is 0 Å². The zero-order valence-electron chi connectivity index (χ0n) is 22.5. The summed E-state index contributed by atoms with van der Waals surface area (Å²) in [6, 6.07) is 6.39. The lowest BCUT2D eigenvalue weighted by Gasteiger charge is -2.46. The number of amides is 1. The first-order valence-electron chi connectivity index (χ1n) is 13.0. The van der Waals surface area contributed by atoms with Crippen LogP contribution in [0.2, 0.25) is 0 Å². The molecule has 1 spiro atoms. The van der Waals surface area contributed by atoms with Crippen molar-refractivity contribution in [3.63, 3.8) is 0 Å². The lowest BCUT2D eigenvalue weighted by molar-refractivity contribution is 0.0191. The number of piperidine rings is 1. The van der Waals surface area contributed by atoms with Crippen molar-refractivity contribution < 1.29 is 24.2 Å². The Bertz CT molecular complexity index is 983. The minimum atomic E-state index is -0.985. The average molecular weight is 533 g/mol. The number of ether oxygens (including phenoxy) is 2. The molecule has 0 radical (unpaired) electrons. The molecule has 2 saturated heterocycles. The van der Waals surface area contributed by atoms with Gasteiger partial charge in [0.25, 0.3) is 0 Å². The largest absolute Gasteiger partial charge is 0.478 e. The van der Waals surface area contributed by atoms with Gasteiger partial charge < -0.3 is 14.6 Å². The maximum atomic E-state index is 12.5. The van der Waals surface area contributed by atoms with Gasteiger partial charge in [0.1, 0.15) is 6.61 Å². The minimum absolute atomic E-state index is 0.0830. The summed E-state index contributed by atoms with van der Waals surface area (Å²) in [6.45, 7) is 16.9. The van der Waals surface area contributed by atoms with Crippen molar-refractivity contribution in [2.24, 2.45) is 16.7 Å². The van der Waals surface area contributed by atoms with E-state index in [-0.39, 0.29) is 28.6 Å². The summed E-state index contributed by atoms with van der Waals surface area (Å²) in [4.78, 5) is 27.7. The van der Waals surface area contributed by atoms with Crippen molar-refractivity contribution in [2.75, 3.05) is 44.3 Å². The number of carbonyl (C=O) groups is 2. The van der Waals surface area contributed by atoms with E-state index in [1.165, 1.54) is 12.1 Å². The summed E-state index contributed by atoms with van der Waals surface area (Å²) in [5.74, 6) is -0.582. The Morgan fingerprint density at radius 1 is 1.27 bits per heavy atom. The van der Waals surface area contributed by atoms with Crippen LogP contribution in [-0.2, 0) is 9.47 Å². The van der Waals surface area contributed by atoms with E-state index in [9.17, 15) is 9.59 Å². The van der Waals surface area contributed by atoms with Gasteiger partial charge in [-0.05, 0) is 74.9 Å². The lowest BCUT2D eigenvalue weighted by atomic mass is 9.77. The van der Waals surface area contributed by atoms with Crippen LogP contribution in [0.4, 0.5) is 10.5 Å². The molecule has 8 heteroatoms. The van der Waals surface area contributed by atoms with Gasteiger partial charge in [0.05, 0.1) is 11.7 Å². The number of anilines is 1. The monoisotopic (exact) mass is 532 g/mol. The molecule has 1 N–H and O–H groups in total. The van der Waals surface area contributed by atoms with Crippen LogP contribution in [0.5, 0.6) is 0 Å². The van der Waals surface area contributed by atoms with Crippen molar-refractivity contribution in [3.8, 4) is 0 Å². The summed E-state index contributed by atoms with van der Waals surface area (Å²) >= 11 is 5.91. The summed E-state index contributed by atoms with van der Waals surface area (Å²) in [5.41, 5.74) is 0.890. The fraction of sp³-hybridized carbons (Fsp3) is 0.586. The van der Waals surface area contributed by atoms with Crippen molar-refractivity contribution in [1.29, 1.82) is 0 Å². The fourth-order valence-corrected chi connectivity index (χ4v) is 4.79. The Morgan fingerprint density at radius 3 is 2.51 bits per heavy atom. The normalized spacial score (nSPS) is 20.1. The van der Waals surface area contributed by atoms with Gasteiger partial charge in [-0.3, -0.25) is 9.80 Å². The third kappa shape index (κ3) is 7.82. The number of carboxylic acids is 1. The third-order valence-electron chi connectivity index (χ3n) is 8.13. The molecule has 204 valence electrons. The Hall–Kier alpha value is -2.35. The smallest absolute Gasteiger partial charge is 0.414 e. The lowest BCUT2D eigenvalue weighted by Crippen LogP contribution is -2.54. The second kappa shape index (κ2) is 12.5. The summed E-state index contributed by atoms with van der Waals surface area (Å²) in [6.07, 6.45) is 6.89. The number of rotatable bonds is 11. The van der Waals surface area contributed by atoms with Gasteiger partial charge in [0.2, 0.25) is 0 Å². The second-order valence-corrected chi connectivity index (χ2v) is 11.7. The first kappa shape index (κ1) is 29.2. The number of cyclic esters (lactones) is 1. The van der Waals surface area contributed by atoms with Gasteiger partial charge in [0.15, 0.2) is 0 Å². The Kier molecular flexibility index (Phi) is 9.84. The van der Waals surface area contributed by atoms with Gasteiger partial charge in [-0.2, -0.15) is 0 Å². The summed E-state index contributed by atoms with van der Waals surface area (Å²) < 4.78 is 11.4. The minimum Gasteiger partial charge on any atom is -0.478 e. The Balaban J connectivity index is 1.48. The molecule has 37 heavy (non-hydrogen) atoms. The van der Waals surface area contributed by atoms with Gasteiger partial charge in [-0.15, -0.1) is 0 Å². The van der Waals surface area contributed by atoms with E-state index in [2.05, 4.69) is 44.4 Å². The standard InChI is InChI=1S/C29H41ClN2O5/c1-21(28(4,5)14-18-36-23(3)22(2)30)7-6-15-31-16-12-29(13-17-31)19-32(27(35)37-20-29)25-10-8-24(9-11-25)26(33)34/h6-11,21,23H,2,12-20H2,1,3-5H3,(H,33,34)/b7-6+. The molecule has 0 bridgehead atoms. The molecular formula is C29H41ClN2O5. The molecule has 2 unspecified atom stereocenters. The number of aromatic carboxylic acids is 1. The predicted octanol–water partition coefficient (Wildman–Crippen LogP) is 6.19. The molecule has 2 aliphatic rings. The van der Waals surface area contributed by atoms with Gasteiger partial charge in [-0.1, -0.05) is 51.1 Å². The third-order valence-corrected chi connectivity index (χ3v) is 8.44. The molecule has 2 heterocycles. The first-order chi connectivity index (χ1) is 17.4. The van der Waals surface area contributed by atoms with Gasteiger partial charge >= 0.3 is 12.1 Å². The molecule has 1 amide bonds. The highest BCUT2D eigenvalue weighted by molar-refractivity contribution is 6.29. The Labute approximate surface area is 226 Å². The zero-order chi connectivity index (χ0) is 27.2. The van der Waals surface area contributed by atoms with Crippen LogP contribution in [-0.4, -0.2) is 67.6 Å². The molecule has 0 aliphatic carbocycles. The molecule has 2 fully saturated rings. The van der Waals surface area contributed by atoms with Crippen LogP contribution in [0.1, 0.15) is 57.3 Å². The van der Waals surface area contributed by atoms with E-state index < -0.39 is 5.97 Å². The van der Waals surface area contributed by atoms with Crippen molar-refractivity contribution >= 4 is 29.4 Å². The van der Waals surface area contributed by atoms with E-state index in [0.29, 0.717) is 36.4 Å². The summed E-state index contributed by atoms with van der Waals surface area (Å²) in [7, 11) is 0. The highest BCUT2D eigenvalue weighted by Gasteiger charge is 2.43. The van der Waals surface area contributed by atoms with Crippen LogP contribution < -0.4 is 4.90 Å². The van der Waals surface area contributed by atoms with Gasteiger partial charge in [-0.25, -0.2) is 9.59 Å². The van der Waals surface area contributed by atoms with E-state index in [1.807, 2.05) is 6.92 Å².